The summed E-state index contributed by atoms with van der Waals surface area (Å²) >= 11 is 0. The van der Waals surface area contributed by atoms with E-state index in [0.717, 1.165) is 5.95 Å². The van der Waals surface area contributed by atoms with Gasteiger partial charge in [0.1, 0.15) is 5.60 Å². The highest BCUT2D eigenvalue weighted by atomic mass is 16.6. The fourth-order valence-corrected chi connectivity index (χ4v) is 1.71. The standard InChI is InChI=1S/C11H18N4O2/c1-11(2,3)17-10(16)14-8-6-13-9-12-4-5-15(9)7-8/h4-5,8H,6-7H2,1-3H3,(H,12,13)(H,14,16). The topological polar surface area (TPSA) is 68.2 Å². The SMILES string of the molecule is CC(C)(C)OC(=O)NC1CNc2nccn2C1. The molecule has 1 amide bonds. The number of hydrogen-bond donors (Lipinski definition) is 2. The molecule has 2 rings (SSSR count). The molecule has 1 aromatic rings. The molecule has 0 radical (unpaired) electrons. The lowest BCUT2D eigenvalue weighted by Crippen LogP contribution is -2.47. The fourth-order valence-electron chi connectivity index (χ4n) is 1.71. The molecule has 0 aliphatic carbocycles. The number of alkyl carbamates (subject to hydrolysis) is 1. The van der Waals surface area contributed by atoms with E-state index in [1.165, 1.54) is 0 Å². The van der Waals surface area contributed by atoms with Crippen LogP contribution in [0.4, 0.5) is 10.7 Å². The number of nitrogens with zero attached hydrogens (tertiary/aromatic N) is 2. The van der Waals surface area contributed by atoms with E-state index >= 15 is 0 Å². The molecule has 6 nitrogen and oxygen atoms in total. The van der Waals surface area contributed by atoms with Crippen LogP contribution >= 0.6 is 0 Å². The Hall–Kier alpha value is -1.72. The average molecular weight is 238 g/mol. The van der Waals surface area contributed by atoms with Crippen LogP contribution in [0.5, 0.6) is 0 Å². The lowest BCUT2D eigenvalue weighted by Gasteiger charge is -2.27. The average Bonchev–Trinajstić information content (AvgIpc) is 2.61. The zero-order valence-corrected chi connectivity index (χ0v) is 10.4. The van der Waals surface area contributed by atoms with Crippen molar-refractivity contribution in [1.82, 2.24) is 14.9 Å². The molecular formula is C11H18N4O2. The molecule has 2 N–H and O–H groups in total. The quantitative estimate of drug-likeness (QED) is 0.771. The van der Waals surface area contributed by atoms with E-state index in [1.54, 1.807) is 6.20 Å². The minimum Gasteiger partial charge on any atom is -0.444 e. The Bertz CT molecular complexity index is 408. The minimum absolute atomic E-state index is 0.0200. The van der Waals surface area contributed by atoms with Gasteiger partial charge < -0.3 is 19.9 Å². The number of ether oxygens (including phenoxy) is 1. The number of nitrogens with one attached hydrogen (secondary N) is 2. The second-order valence-corrected chi connectivity index (χ2v) is 5.13. The summed E-state index contributed by atoms with van der Waals surface area (Å²) in [4.78, 5) is 15.7. The first-order valence-electron chi connectivity index (χ1n) is 5.68. The van der Waals surface area contributed by atoms with Gasteiger partial charge in [0.05, 0.1) is 6.04 Å². The van der Waals surface area contributed by atoms with Crippen LogP contribution in [0.1, 0.15) is 20.8 Å². The largest absolute Gasteiger partial charge is 0.444 e. The summed E-state index contributed by atoms with van der Waals surface area (Å²) in [6.45, 7) is 6.91. The Morgan fingerprint density at radius 1 is 1.65 bits per heavy atom. The van der Waals surface area contributed by atoms with Crippen LogP contribution in [0.25, 0.3) is 0 Å². The summed E-state index contributed by atoms with van der Waals surface area (Å²) < 4.78 is 7.17. The molecule has 6 heteroatoms. The third-order valence-corrected chi connectivity index (χ3v) is 2.36. The van der Waals surface area contributed by atoms with Gasteiger partial charge in [-0.25, -0.2) is 9.78 Å². The lowest BCUT2D eigenvalue weighted by atomic mass is 10.2. The molecular weight excluding hydrogens is 220 g/mol. The predicted molar refractivity (Wildman–Crippen MR) is 63.9 cm³/mol. The van der Waals surface area contributed by atoms with E-state index in [1.807, 2.05) is 31.5 Å². The molecule has 0 bridgehead atoms. The van der Waals surface area contributed by atoms with Crippen LogP contribution in [-0.4, -0.2) is 33.8 Å². The van der Waals surface area contributed by atoms with Gasteiger partial charge in [0, 0.05) is 25.5 Å². The van der Waals surface area contributed by atoms with Crippen LogP contribution in [-0.2, 0) is 11.3 Å². The Balaban J connectivity index is 1.88. The number of hydrogen-bond acceptors (Lipinski definition) is 4. The molecule has 1 aliphatic rings. The maximum absolute atomic E-state index is 11.6. The summed E-state index contributed by atoms with van der Waals surface area (Å²) in [6.07, 6.45) is 3.23. The maximum Gasteiger partial charge on any atom is 0.407 e. The Kier molecular flexibility index (Phi) is 2.95. The van der Waals surface area contributed by atoms with Crippen LogP contribution in [0.3, 0.4) is 0 Å². The third-order valence-electron chi connectivity index (χ3n) is 2.36. The first kappa shape index (κ1) is 11.8. The number of anilines is 1. The lowest BCUT2D eigenvalue weighted by molar-refractivity contribution is 0.0501. The normalized spacial score (nSPS) is 19.1. The van der Waals surface area contributed by atoms with Crippen LogP contribution in [0.15, 0.2) is 12.4 Å². The van der Waals surface area contributed by atoms with Gasteiger partial charge in [0.25, 0.3) is 0 Å². The number of carbonyl (C=O) groups is 1. The smallest absolute Gasteiger partial charge is 0.407 e. The predicted octanol–water partition coefficient (Wildman–Crippen LogP) is 1.20. The highest BCUT2D eigenvalue weighted by Gasteiger charge is 2.22. The van der Waals surface area contributed by atoms with Gasteiger partial charge in [-0.05, 0) is 20.8 Å². The molecule has 0 aromatic carbocycles. The molecule has 1 aliphatic heterocycles. The Labute approximate surface area is 100 Å². The molecule has 0 saturated carbocycles. The fraction of sp³-hybridized carbons (Fsp3) is 0.636. The van der Waals surface area contributed by atoms with E-state index in [9.17, 15) is 4.79 Å². The van der Waals surface area contributed by atoms with Crippen molar-refractivity contribution < 1.29 is 9.53 Å². The van der Waals surface area contributed by atoms with Crippen molar-refractivity contribution in [3.05, 3.63) is 12.4 Å². The Morgan fingerprint density at radius 2 is 2.41 bits per heavy atom. The number of imidazole rings is 1. The molecule has 0 fully saturated rings. The first-order valence-corrected chi connectivity index (χ1v) is 5.68. The summed E-state index contributed by atoms with van der Waals surface area (Å²) in [6, 6.07) is 0.0200. The molecule has 2 heterocycles. The number of amides is 1. The van der Waals surface area contributed by atoms with Crippen molar-refractivity contribution in [1.29, 1.82) is 0 Å². The molecule has 17 heavy (non-hydrogen) atoms. The second kappa shape index (κ2) is 4.27. The van der Waals surface area contributed by atoms with E-state index in [-0.39, 0.29) is 12.1 Å². The van der Waals surface area contributed by atoms with Crippen molar-refractivity contribution in [2.45, 2.75) is 39.0 Å². The van der Waals surface area contributed by atoms with Gasteiger partial charge in [0.2, 0.25) is 5.95 Å². The van der Waals surface area contributed by atoms with Crippen molar-refractivity contribution in [2.24, 2.45) is 0 Å². The first-order chi connectivity index (χ1) is 7.94. The van der Waals surface area contributed by atoms with Crippen molar-refractivity contribution in [3.8, 4) is 0 Å². The van der Waals surface area contributed by atoms with Crippen LogP contribution < -0.4 is 10.6 Å². The van der Waals surface area contributed by atoms with Crippen molar-refractivity contribution >= 4 is 12.0 Å². The van der Waals surface area contributed by atoms with Gasteiger partial charge in [-0.15, -0.1) is 0 Å². The molecule has 94 valence electrons. The molecule has 0 saturated heterocycles. The summed E-state index contributed by atoms with van der Waals surface area (Å²) in [7, 11) is 0. The van der Waals surface area contributed by atoms with E-state index in [4.69, 9.17) is 4.74 Å². The van der Waals surface area contributed by atoms with Crippen molar-refractivity contribution in [2.75, 3.05) is 11.9 Å². The number of carbonyl (C=O) groups excluding carboxylic acids is 1. The monoisotopic (exact) mass is 238 g/mol. The highest BCUT2D eigenvalue weighted by molar-refractivity contribution is 5.68. The highest BCUT2D eigenvalue weighted by Crippen LogP contribution is 2.12. The van der Waals surface area contributed by atoms with E-state index < -0.39 is 5.60 Å². The van der Waals surface area contributed by atoms with Crippen LogP contribution in [0, 0.1) is 0 Å². The Morgan fingerprint density at radius 3 is 3.12 bits per heavy atom. The summed E-state index contributed by atoms with van der Waals surface area (Å²) in [5.41, 5.74) is -0.466. The van der Waals surface area contributed by atoms with E-state index in [2.05, 4.69) is 15.6 Å². The van der Waals surface area contributed by atoms with Gasteiger partial charge in [0.15, 0.2) is 0 Å². The molecule has 1 aromatic heterocycles. The van der Waals surface area contributed by atoms with E-state index in [0.29, 0.717) is 13.1 Å². The van der Waals surface area contributed by atoms with Crippen LogP contribution in [0.2, 0.25) is 0 Å². The zero-order valence-electron chi connectivity index (χ0n) is 10.4. The third kappa shape index (κ3) is 3.12. The maximum atomic E-state index is 11.6. The number of aromatic nitrogens is 2. The number of fused-ring (bicyclic) bond motifs is 1. The number of rotatable bonds is 1. The molecule has 1 unspecified atom stereocenters. The van der Waals surface area contributed by atoms with Gasteiger partial charge in [-0.1, -0.05) is 0 Å². The summed E-state index contributed by atoms with van der Waals surface area (Å²) in [5.74, 6) is 0.840. The van der Waals surface area contributed by atoms with Gasteiger partial charge in [-0.3, -0.25) is 0 Å². The molecule has 1 atom stereocenters. The minimum atomic E-state index is -0.466. The second-order valence-electron chi connectivity index (χ2n) is 5.13. The van der Waals surface area contributed by atoms with Gasteiger partial charge in [-0.2, -0.15) is 0 Å². The van der Waals surface area contributed by atoms with Gasteiger partial charge >= 0.3 is 6.09 Å². The zero-order chi connectivity index (χ0) is 12.5. The van der Waals surface area contributed by atoms with Crippen molar-refractivity contribution in [3.63, 3.8) is 0 Å². The summed E-state index contributed by atoms with van der Waals surface area (Å²) in [5, 5.41) is 5.98. The molecule has 0 spiro atoms.